The van der Waals surface area contributed by atoms with Crippen LogP contribution >= 0.6 is 0 Å². The van der Waals surface area contributed by atoms with Crippen LogP contribution in [0.2, 0.25) is 0 Å². The summed E-state index contributed by atoms with van der Waals surface area (Å²) in [6.45, 7) is 0.873. The lowest BCUT2D eigenvalue weighted by atomic mass is 9.44. The summed E-state index contributed by atoms with van der Waals surface area (Å²) in [7, 11) is 3.96. The van der Waals surface area contributed by atoms with Gasteiger partial charge in [0.25, 0.3) is 0 Å². The van der Waals surface area contributed by atoms with E-state index in [-0.39, 0.29) is 17.6 Å². The number of phenols is 1. The van der Waals surface area contributed by atoms with Crippen LogP contribution in [-0.4, -0.2) is 53.7 Å². The first-order valence-electron chi connectivity index (χ1n) is 10.9. The molecule has 4 atom stereocenters. The molecule has 0 unspecified atom stereocenters. The molecule has 2 bridgehead atoms. The van der Waals surface area contributed by atoms with Crippen LogP contribution in [0.4, 0.5) is 0 Å². The van der Waals surface area contributed by atoms with Gasteiger partial charge in [-0.25, -0.2) is 0 Å². The summed E-state index contributed by atoms with van der Waals surface area (Å²) in [5.41, 5.74) is 1.10. The van der Waals surface area contributed by atoms with E-state index in [1.54, 1.807) is 13.2 Å². The normalized spacial score (nSPS) is 36.3. The van der Waals surface area contributed by atoms with Gasteiger partial charge in [0.1, 0.15) is 0 Å². The average molecular weight is 405 g/mol. The highest BCUT2D eigenvalue weighted by molar-refractivity contribution is 5.94. The topological polar surface area (TPSA) is 59.0 Å². The third kappa shape index (κ3) is 1.85. The van der Waals surface area contributed by atoms with Crippen LogP contribution in [0.3, 0.4) is 0 Å². The Kier molecular flexibility index (Phi) is 3.60. The number of carbonyl (C=O) groups excluding carboxylic acids is 1. The number of Topliss-reactive ketones (excluding diaryl/α,β-unsaturated/α-hetero) is 1. The lowest BCUT2D eigenvalue weighted by Crippen LogP contribution is -2.81. The standard InChI is InChI=1S/C25H27NO4/c1-26-13-12-23-21-17-8-9-18(27)22(21)30-25(23,15-16-6-4-3-5-7-16)20(28)10-11-24(23,29-2)19(26)14-17/h3-9,19,27H,10-15H2,1-2H3/t19-,23-,24-,25+/m1/s1. The fourth-order valence-corrected chi connectivity index (χ4v) is 7.34. The Balaban J connectivity index is 1.69. The highest BCUT2D eigenvalue weighted by Crippen LogP contribution is 2.69. The summed E-state index contributed by atoms with van der Waals surface area (Å²) in [5.74, 6) is 0.758. The van der Waals surface area contributed by atoms with E-state index in [4.69, 9.17) is 9.47 Å². The van der Waals surface area contributed by atoms with Gasteiger partial charge in [-0.1, -0.05) is 36.4 Å². The van der Waals surface area contributed by atoms with Gasteiger partial charge in [0.15, 0.2) is 22.9 Å². The van der Waals surface area contributed by atoms with Crippen molar-refractivity contribution in [2.24, 2.45) is 0 Å². The molecule has 6 rings (SSSR count). The summed E-state index contributed by atoms with van der Waals surface area (Å²) in [4.78, 5) is 16.2. The molecule has 156 valence electrons. The molecule has 30 heavy (non-hydrogen) atoms. The number of benzene rings is 2. The SMILES string of the molecule is CO[C@@]12CCC(=O)[C@]3(Cc4ccccc4)Oc4c(O)ccc5c4[C@@]31CCN(C)[C@@H]2C5. The summed E-state index contributed by atoms with van der Waals surface area (Å²) >= 11 is 0. The largest absolute Gasteiger partial charge is 0.504 e. The number of likely N-dealkylation sites (tertiary alicyclic amines) is 1. The van der Waals surface area contributed by atoms with Crippen LogP contribution < -0.4 is 4.74 Å². The van der Waals surface area contributed by atoms with Gasteiger partial charge in [0, 0.05) is 31.6 Å². The van der Waals surface area contributed by atoms with E-state index in [1.165, 1.54) is 5.56 Å². The highest BCUT2D eigenvalue weighted by atomic mass is 16.5. The van der Waals surface area contributed by atoms with Crippen LogP contribution in [0.1, 0.15) is 36.0 Å². The molecule has 1 spiro atoms. The molecular weight excluding hydrogens is 378 g/mol. The van der Waals surface area contributed by atoms with Gasteiger partial charge < -0.3 is 19.5 Å². The van der Waals surface area contributed by atoms with Crippen LogP contribution in [0.25, 0.3) is 0 Å². The summed E-state index contributed by atoms with van der Waals surface area (Å²) in [6, 6.07) is 14.0. The number of rotatable bonds is 3. The zero-order valence-corrected chi connectivity index (χ0v) is 17.5. The Morgan fingerprint density at radius 2 is 2.00 bits per heavy atom. The lowest BCUT2D eigenvalue weighted by Gasteiger charge is -2.66. The second kappa shape index (κ2) is 5.86. The van der Waals surface area contributed by atoms with Crippen LogP contribution in [0.15, 0.2) is 42.5 Å². The number of piperidine rings is 1. The number of hydrogen-bond donors (Lipinski definition) is 1. The van der Waals surface area contributed by atoms with Crippen LogP contribution in [0.5, 0.6) is 11.5 Å². The summed E-state index contributed by atoms with van der Waals surface area (Å²) in [6.07, 6.45) is 3.22. The Morgan fingerprint density at radius 1 is 1.20 bits per heavy atom. The van der Waals surface area contributed by atoms with Crippen molar-refractivity contribution in [1.82, 2.24) is 4.90 Å². The molecule has 2 aliphatic heterocycles. The maximum Gasteiger partial charge on any atom is 0.183 e. The molecule has 2 aromatic rings. The zero-order chi connectivity index (χ0) is 20.7. The molecule has 2 aliphatic carbocycles. The molecule has 5 heteroatoms. The number of hydrogen-bond acceptors (Lipinski definition) is 5. The van der Waals surface area contributed by atoms with Gasteiger partial charge in [-0.15, -0.1) is 0 Å². The number of phenolic OH excluding ortho intramolecular Hbond substituents is 1. The molecule has 0 radical (unpaired) electrons. The maximum atomic E-state index is 13.8. The molecule has 2 heterocycles. The predicted octanol–water partition coefficient (Wildman–Crippen LogP) is 3.01. The molecule has 0 amide bonds. The van der Waals surface area contributed by atoms with Gasteiger partial charge in [0.2, 0.25) is 0 Å². The smallest absolute Gasteiger partial charge is 0.183 e. The average Bonchev–Trinajstić information content (AvgIpc) is 3.06. The third-order valence-electron chi connectivity index (χ3n) is 8.50. The number of carbonyl (C=O) groups is 1. The van der Waals surface area contributed by atoms with Crippen LogP contribution in [0, 0.1) is 0 Å². The van der Waals surface area contributed by atoms with Gasteiger partial charge in [0.05, 0.1) is 11.0 Å². The van der Waals surface area contributed by atoms with E-state index in [2.05, 4.69) is 24.1 Å². The van der Waals surface area contributed by atoms with E-state index < -0.39 is 16.6 Å². The fourth-order valence-electron chi connectivity index (χ4n) is 7.34. The maximum absolute atomic E-state index is 13.8. The molecule has 4 aliphatic rings. The lowest BCUT2D eigenvalue weighted by molar-refractivity contribution is -0.221. The first kappa shape index (κ1) is 18.4. The van der Waals surface area contributed by atoms with Gasteiger partial charge in [-0.3, -0.25) is 4.79 Å². The Hall–Kier alpha value is -2.37. The molecule has 2 aromatic carbocycles. The summed E-state index contributed by atoms with van der Waals surface area (Å²) < 4.78 is 13.1. The number of ketones is 1. The van der Waals surface area contributed by atoms with Gasteiger partial charge in [-0.05, 0) is 50.0 Å². The number of ether oxygens (including phenoxy) is 2. The monoisotopic (exact) mass is 405 g/mol. The van der Waals surface area contributed by atoms with E-state index in [9.17, 15) is 9.90 Å². The molecule has 1 saturated heterocycles. The van der Waals surface area contributed by atoms with Crippen LogP contribution in [-0.2, 0) is 27.8 Å². The van der Waals surface area contributed by atoms with Crippen molar-refractivity contribution in [3.63, 3.8) is 0 Å². The second-order valence-electron chi connectivity index (χ2n) is 9.41. The minimum absolute atomic E-state index is 0.125. The summed E-state index contributed by atoms with van der Waals surface area (Å²) in [5, 5.41) is 10.8. The van der Waals surface area contributed by atoms with Crippen molar-refractivity contribution >= 4 is 5.78 Å². The fraction of sp³-hybridized carbons (Fsp3) is 0.480. The van der Waals surface area contributed by atoms with E-state index in [1.807, 2.05) is 24.3 Å². The Bertz CT molecular complexity index is 1050. The zero-order valence-electron chi connectivity index (χ0n) is 17.5. The highest BCUT2D eigenvalue weighted by Gasteiger charge is 2.79. The number of likely N-dealkylation sites (N-methyl/N-ethyl adjacent to an activating group) is 1. The Labute approximate surface area is 176 Å². The minimum Gasteiger partial charge on any atom is -0.504 e. The van der Waals surface area contributed by atoms with Crippen molar-refractivity contribution in [2.45, 2.75) is 54.8 Å². The van der Waals surface area contributed by atoms with E-state index >= 15 is 0 Å². The van der Waals surface area contributed by atoms with Crippen molar-refractivity contribution in [1.29, 1.82) is 0 Å². The molecule has 1 N–H and O–H groups in total. The molecular formula is C25H27NO4. The predicted molar refractivity (Wildman–Crippen MR) is 112 cm³/mol. The van der Waals surface area contributed by atoms with E-state index in [0.717, 1.165) is 30.5 Å². The number of methoxy groups -OCH3 is 1. The minimum atomic E-state index is -1.06. The number of nitrogens with zero attached hydrogens (tertiary/aromatic N) is 1. The molecule has 2 fully saturated rings. The molecule has 5 nitrogen and oxygen atoms in total. The molecule has 1 saturated carbocycles. The van der Waals surface area contributed by atoms with Gasteiger partial charge in [-0.2, -0.15) is 0 Å². The van der Waals surface area contributed by atoms with Crippen molar-refractivity contribution < 1.29 is 19.4 Å². The first-order valence-corrected chi connectivity index (χ1v) is 10.9. The second-order valence-corrected chi connectivity index (χ2v) is 9.41. The van der Waals surface area contributed by atoms with Crippen molar-refractivity contribution in [2.75, 3.05) is 20.7 Å². The van der Waals surface area contributed by atoms with Crippen molar-refractivity contribution in [3.05, 3.63) is 59.2 Å². The first-order chi connectivity index (χ1) is 14.5. The Morgan fingerprint density at radius 3 is 2.77 bits per heavy atom. The van der Waals surface area contributed by atoms with Gasteiger partial charge >= 0.3 is 0 Å². The van der Waals surface area contributed by atoms with Crippen molar-refractivity contribution in [3.8, 4) is 11.5 Å². The molecule has 0 aromatic heterocycles. The quantitative estimate of drug-likeness (QED) is 0.851. The van der Waals surface area contributed by atoms with E-state index in [0.29, 0.717) is 25.0 Å². The third-order valence-corrected chi connectivity index (χ3v) is 8.50. The number of aromatic hydroxyl groups is 1.